The van der Waals surface area contributed by atoms with Crippen molar-refractivity contribution in [1.29, 1.82) is 5.26 Å². The molecule has 0 saturated heterocycles. The third-order valence-corrected chi connectivity index (χ3v) is 2.66. The Labute approximate surface area is 122 Å². The van der Waals surface area contributed by atoms with Gasteiger partial charge in [-0.3, -0.25) is 14.4 Å². The summed E-state index contributed by atoms with van der Waals surface area (Å²) in [7, 11) is 0. The third-order valence-electron chi connectivity index (χ3n) is 2.66. The third kappa shape index (κ3) is 5.32. The molecule has 0 aliphatic heterocycles. The van der Waals surface area contributed by atoms with Crippen LogP contribution < -0.4 is 16.4 Å². The topological polar surface area (TPSA) is 125 Å². The number of nitrogens with one attached hydrogen (secondary N) is 2. The zero-order valence-electron chi connectivity index (χ0n) is 11.6. The maximum atomic E-state index is 12.0. The van der Waals surface area contributed by atoms with Crippen LogP contribution in [-0.2, 0) is 9.59 Å². The first kappa shape index (κ1) is 16.2. The molecule has 0 aliphatic rings. The first-order chi connectivity index (χ1) is 9.93. The van der Waals surface area contributed by atoms with Crippen molar-refractivity contribution in [2.45, 2.75) is 25.8 Å². The van der Waals surface area contributed by atoms with Gasteiger partial charge in [0, 0.05) is 24.6 Å². The molecule has 1 atom stereocenters. The number of carbonyl (C=O) groups excluding carboxylic acids is 3. The van der Waals surface area contributed by atoms with Crippen LogP contribution in [-0.4, -0.2) is 23.8 Å². The summed E-state index contributed by atoms with van der Waals surface area (Å²) in [6, 6.07) is 7.19. The zero-order valence-corrected chi connectivity index (χ0v) is 11.6. The number of primary amides is 1. The fraction of sp³-hybridized carbons (Fsp3) is 0.286. The van der Waals surface area contributed by atoms with E-state index in [1.54, 1.807) is 12.1 Å². The summed E-state index contributed by atoms with van der Waals surface area (Å²) in [4.78, 5) is 34.0. The number of hydrogen-bond acceptors (Lipinski definition) is 4. The van der Waals surface area contributed by atoms with Gasteiger partial charge in [0.2, 0.25) is 11.8 Å². The molecule has 21 heavy (non-hydrogen) atoms. The van der Waals surface area contributed by atoms with E-state index in [0.717, 1.165) is 0 Å². The van der Waals surface area contributed by atoms with Gasteiger partial charge in [-0.2, -0.15) is 5.26 Å². The second-order valence-electron chi connectivity index (χ2n) is 4.38. The number of benzene rings is 1. The molecule has 0 unspecified atom stereocenters. The van der Waals surface area contributed by atoms with Gasteiger partial charge in [0.1, 0.15) is 6.04 Å². The molecule has 0 saturated carbocycles. The van der Waals surface area contributed by atoms with Gasteiger partial charge in [-0.05, 0) is 30.7 Å². The first-order valence-corrected chi connectivity index (χ1v) is 6.29. The number of carbonyl (C=O) groups is 3. The highest BCUT2D eigenvalue weighted by Crippen LogP contribution is 2.10. The number of nitriles is 1. The molecule has 0 bridgehead atoms. The monoisotopic (exact) mass is 288 g/mol. The lowest BCUT2D eigenvalue weighted by atomic mass is 10.1. The molecule has 3 amide bonds. The smallest absolute Gasteiger partial charge is 0.251 e. The fourth-order valence-electron chi connectivity index (χ4n) is 1.64. The van der Waals surface area contributed by atoms with Crippen LogP contribution in [0.1, 0.15) is 30.1 Å². The van der Waals surface area contributed by atoms with Crippen LogP contribution in [0.4, 0.5) is 5.69 Å². The van der Waals surface area contributed by atoms with Crippen LogP contribution >= 0.6 is 0 Å². The van der Waals surface area contributed by atoms with E-state index < -0.39 is 17.9 Å². The molecule has 1 rings (SSSR count). The van der Waals surface area contributed by atoms with E-state index in [0.29, 0.717) is 11.3 Å². The standard InChI is InChI=1S/C14H16N4O3/c1-9(19)17-11-6-4-10(5-7-11)14(21)18-12(13(16)20)3-2-8-15/h4-7,12H,2-3H2,1H3,(H2,16,20)(H,17,19)(H,18,21)/t12-/m0/s1. The molecule has 0 radical (unpaired) electrons. The number of rotatable bonds is 6. The van der Waals surface area contributed by atoms with E-state index in [1.165, 1.54) is 19.1 Å². The van der Waals surface area contributed by atoms with Gasteiger partial charge in [-0.15, -0.1) is 0 Å². The predicted molar refractivity (Wildman–Crippen MR) is 76.0 cm³/mol. The molecule has 1 aromatic rings. The van der Waals surface area contributed by atoms with Gasteiger partial charge in [-0.25, -0.2) is 0 Å². The first-order valence-electron chi connectivity index (χ1n) is 6.29. The largest absolute Gasteiger partial charge is 0.368 e. The fourth-order valence-corrected chi connectivity index (χ4v) is 1.64. The van der Waals surface area contributed by atoms with Crippen molar-refractivity contribution in [2.75, 3.05) is 5.32 Å². The molecule has 1 aromatic carbocycles. The van der Waals surface area contributed by atoms with Crippen LogP contribution in [0, 0.1) is 11.3 Å². The van der Waals surface area contributed by atoms with E-state index in [4.69, 9.17) is 11.0 Å². The Morgan fingerprint density at radius 3 is 2.38 bits per heavy atom. The van der Waals surface area contributed by atoms with Crippen LogP contribution in [0.2, 0.25) is 0 Å². The number of amides is 3. The summed E-state index contributed by atoms with van der Waals surface area (Å²) in [6.45, 7) is 1.38. The second kappa shape index (κ2) is 7.65. The lowest BCUT2D eigenvalue weighted by Gasteiger charge is -2.14. The number of nitrogens with zero attached hydrogens (tertiary/aromatic N) is 1. The van der Waals surface area contributed by atoms with Crippen LogP contribution in [0.5, 0.6) is 0 Å². The normalized spacial score (nSPS) is 11.0. The number of anilines is 1. The van der Waals surface area contributed by atoms with Crippen molar-refractivity contribution in [3.8, 4) is 6.07 Å². The quantitative estimate of drug-likeness (QED) is 0.706. The second-order valence-corrected chi connectivity index (χ2v) is 4.38. The van der Waals surface area contributed by atoms with Gasteiger partial charge in [0.25, 0.3) is 5.91 Å². The molecular weight excluding hydrogens is 272 g/mol. The summed E-state index contributed by atoms with van der Waals surface area (Å²) >= 11 is 0. The van der Waals surface area contributed by atoms with Gasteiger partial charge in [0.05, 0.1) is 6.07 Å². The van der Waals surface area contributed by atoms with E-state index in [-0.39, 0.29) is 18.7 Å². The number of nitrogens with two attached hydrogens (primary N) is 1. The highest BCUT2D eigenvalue weighted by molar-refractivity contribution is 5.98. The van der Waals surface area contributed by atoms with E-state index in [9.17, 15) is 14.4 Å². The molecule has 0 fully saturated rings. The summed E-state index contributed by atoms with van der Waals surface area (Å²) < 4.78 is 0. The van der Waals surface area contributed by atoms with Crippen molar-refractivity contribution in [3.05, 3.63) is 29.8 Å². The Balaban J connectivity index is 2.71. The van der Waals surface area contributed by atoms with Gasteiger partial charge >= 0.3 is 0 Å². The highest BCUT2D eigenvalue weighted by atomic mass is 16.2. The van der Waals surface area contributed by atoms with Gasteiger partial charge < -0.3 is 16.4 Å². The van der Waals surface area contributed by atoms with Crippen molar-refractivity contribution in [3.63, 3.8) is 0 Å². The summed E-state index contributed by atoms with van der Waals surface area (Å²) in [5.41, 5.74) is 6.06. The molecule has 4 N–H and O–H groups in total. The highest BCUT2D eigenvalue weighted by Gasteiger charge is 2.18. The van der Waals surface area contributed by atoms with Crippen molar-refractivity contribution in [2.24, 2.45) is 5.73 Å². The van der Waals surface area contributed by atoms with Crippen LogP contribution in [0.3, 0.4) is 0 Å². The van der Waals surface area contributed by atoms with E-state index in [1.807, 2.05) is 6.07 Å². The zero-order chi connectivity index (χ0) is 15.8. The minimum Gasteiger partial charge on any atom is -0.368 e. The van der Waals surface area contributed by atoms with Gasteiger partial charge in [-0.1, -0.05) is 0 Å². The summed E-state index contributed by atoms with van der Waals surface area (Å²) in [6.07, 6.45) is 0.289. The lowest BCUT2D eigenvalue weighted by molar-refractivity contribution is -0.120. The molecule has 0 spiro atoms. The van der Waals surface area contributed by atoms with Crippen LogP contribution in [0.15, 0.2) is 24.3 Å². The average molecular weight is 288 g/mol. The minimum atomic E-state index is -0.882. The van der Waals surface area contributed by atoms with E-state index in [2.05, 4.69) is 10.6 Å². The molecule has 0 aliphatic carbocycles. The average Bonchev–Trinajstić information content (AvgIpc) is 2.43. The number of hydrogen-bond donors (Lipinski definition) is 3. The minimum absolute atomic E-state index is 0.120. The summed E-state index contributed by atoms with van der Waals surface area (Å²) in [5, 5.41) is 13.6. The molecule has 110 valence electrons. The maximum Gasteiger partial charge on any atom is 0.251 e. The van der Waals surface area contributed by atoms with Gasteiger partial charge in [0.15, 0.2) is 0 Å². The Morgan fingerprint density at radius 1 is 1.29 bits per heavy atom. The van der Waals surface area contributed by atoms with Crippen molar-refractivity contribution >= 4 is 23.4 Å². The van der Waals surface area contributed by atoms with Crippen molar-refractivity contribution in [1.82, 2.24) is 5.32 Å². The molecular formula is C14H16N4O3. The Bertz CT molecular complexity index is 575. The SMILES string of the molecule is CC(=O)Nc1ccc(C(=O)N[C@@H](CCC#N)C(N)=O)cc1. The lowest BCUT2D eigenvalue weighted by Crippen LogP contribution is -2.44. The summed E-state index contributed by atoms with van der Waals surface area (Å²) in [5.74, 6) is -1.36. The molecule has 7 heteroatoms. The molecule has 7 nitrogen and oxygen atoms in total. The Hall–Kier alpha value is -2.88. The predicted octanol–water partition coefficient (Wildman–Crippen LogP) is 0.532. The molecule has 0 heterocycles. The van der Waals surface area contributed by atoms with E-state index >= 15 is 0 Å². The Kier molecular flexibility index (Phi) is 5.89. The van der Waals surface area contributed by atoms with Crippen molar-refractivity contribution < 1.29 is 14.4 Å². The maximum absolute atomic E-state index is 12.0. The van der Waals surface area contributed by atoms with Crippen LogP contribution in [0.25, 0.3) is 0 Å². The Morgan fingerprint density at radius 2 is 1.90 bits per heavy atom. The molecule has 0 aromatic heterocycles.